The summed E-state index contributed by atoms with van der Waals surface area (Å²) in [5.74, 6) is -0.769. The van der Waals surface area contributed by atoms with Crippen LogP contribution in [0.15, 0.2) is 16.8 Å². The molecular weight excluding hydrogens is 210 g/mol. The minimum Gasteiger partial charge on any atom is -0.480 e. The highest BCUT2D eigenvalue weighted by Gasteiger charge is 2.17. The molecule has 15 heavy (non-hydrogen) atoms. The summed E-state index contributed by atoms with van der Waals surface area (Å²) in [7, 11) is 0. The molecule has 2 unspecified atom stereocenters. The van der Waals surface area contributed by atoms with Crippen LogP contribution in [-0.4, -0.2) is 23.2 Å². The molecule has 2 N–H and O–H groups in total. The van der Waals surface area contributed by atoms with Gasteiger partial charge in [-0.05, 0) is 42.2 Å². The second kappa shape index (κ2) is 5.88. The van der Waals surface area contributed by atoms with Crippen LogP contribution in [-0.2, 0) is 11.2 Å². The fourth-order valence-electron chi connectivity index (χ4n) is 1.53. The Labute approximate surface area is 94.1 Å². The molecule has 0 spiro atoms. The van der Waals surface area contributed by atoms with Crippen molar-refractivity contribution in [2.24, 2.45) is 0 Å². The van der Waals surface area contributed by atoms with Gasteiger partial charge in [-0.3, -0.25) is 4.79 Å². The number of carboxylic acid groups (broad SMARTS) is 1. The fraction of sp³-hybridized carbons (Fsp3) is 0.545. The first-order valence-electron chi connectivity index (χ1n) is 5.13. The lowest BCUT2D eigenvalue weighted by atomic mass is 10.1. The zero-order valence-corrected chi connectivity index (χ0v) is 9.88. The largest absolute Gasteiger partial charge is 0.480 e. The maximum absolute atomic E-state index is 10.8. The van der Waals surface area contributed by atoms with Crippen LogP contribution in [0, 0.1) is 0 Å². The first-order chi connectivity index (χ1) is 7.13. The van der Waals surface area contributed by atoms with E-state index in [1.54, 1.807) is 11.3 Å². The van der Waals surface area contributed by atoms with E-state index in [0.29, 0.717) is 6.42 Å². The number of hydrogen-bond acceptors (Lipinski definition) is 3. The third kappa shape index (κ3) is 4.01. The molecular formula is C11H17NO2S. The van der Waals surface area contributed by atoms with Crippen molar-refractivity contribution < 1.29 is 9.90 Å². The lowest BCUT2D eigenvalue weighted by Gasteiger charge is -2.18. The Morgan fingerprint density at radius 1 is 1.67 bits per heavy atom. The Morgan fingerprint density at radius 3 is 2.87 bits per heavy atom. The third-order valence-electron chi connectivity index (χ3n) is 2.31. The van der Waals surface area contributed by atoms with E-state index in [1.165, 1.54) is 5.56 Å². The summed E-state index contributed by atoms with van der Waals surface area (Å²) >= 11 is 1.67. The minimum absolute atomic E-state index is 0.195. The van der Waals surface area contributed by atoms with Gasteiger partial charge in [-0.2, -0.15) is 11.3 Å². The van der Waals surface area contributed by atoms with Gasteiger partial charge in [0, 0.05) is 6.04 Å². The normalized spacial score (nSPS) is 14.8. The van der Waals surface area contributed by atoms with Crippen LogP contribution in [0.5, 0.6) is 0 Å². The standard InChI is InChI=1S/C11H17NO2S/c1-3-10(11(13)14)12-8(2)6-9-4-5-15-7-9/h4-5,7-8,10,12H,3,6H2,1-2H3,(H,13,14). The molecule has 4 heteroatoms. The third-order valence-corrected chi connectivity index (χ3v) is 3.05. The summed E-state index contributed by atoms with van der Waals surface area (Å²) in [6, 6.07) is 1.84. The minimum atomic E-state index is -0.769. The van der Waals surface area contributed by atoms with Crippen LogP contribution >= 0.6 is 11.3 Å². The van der Waals surface area contributed by atoms with Crippen molar-refractivity contribution in [2.75, 3.05) is 0 Å². The lowest BCUT2D eigenvalue weighted by Crippen LogP contribution is -2.42. The van der Waals surface area contributed by atoms with Gasteiger partial charge in [0.25, 0.3) is 0 Å². The van der Waals surface area contributed by atoms with Crippen LogP contribution in [0.2, 0.25) is 0 Å². The lowest BCUT2D eigenvalue weighted by molar-refractivity contribution is -0.139. The highest BCUT2D eigenvalue weighted by Crippen LogP contribution is 2.09. The number of thiophene rings is 1. The van der Waals surface area contributed by atoms with E-state index in [0.717, 1.165) is 6.42 Å². The van der Waals surface area contributed by atoms with Crippen molar-refractivity contribution in [3.63, 3.8) is 0 Å². The highest BCUT2D eigenvalue weighted by molar-refractivity contribution is 7.07. The predicted octanol–water partition coefficient (Wildman–Crippen LogP) is 2.13. The van der Waals surface area contributed by atoms with Gasteiger partial charge in [0.15, 0.2) is 0 Å². The van der Waals surface area contributed by atoms with Crippen molar-refractivity contribution in [3.05, 3.63) is 22.4 Å². The quantitative estimate of drug-likeness (QED) is 0.782. The van der Waals surface area contributed by atoms with Crippen LogP contribution < -0.4 is 5.32 Å². The topological polar surface area (TPSA) is 49.3 Å². The monoisotopic (exact) mass is 227 g/mol. The zero-order chi connectivity index (χ0) is 11.3. The molecule has 84 valence electrons. The molecule has 0 amide bonds. The van der Waals surface area contributed by atoms with Gasteiger partial charge < -0.3 is 10.4 Å². The molecule has 0 radical (unpaired) electrons. The van der Waals surface area contributed by atoms with Gasteiger partial charge in [-0.25, -0.2) is 0 Å². The van der Waals surface area contributed by atoms with Crippen LogP contribution in [0.4, 0.5) is 0 Å². The van der Waals surface area contributed by atoms with Crippen molar-refractivity contribution in [2.45, 2.75) is 38.8 Å². The SMILES string of the molecule is CCC(NC(C)Cc1ccsc1)C(=O)O. The summed E-state index contributed by atoms with van der Waals surface area (Å²) in [5.41, 5.74) is 1.26. The number of carboxylic acids is 1. The first kappa shape index (κ1) is 12.2. The van der Waals surface area contributed by atoms with Gasteiger partial charge in [0.05, 0.1) is 0 Å². The fourth-order valence-corrected chi connectivity index (χ4v) is 2.21. The van der Waals surface area contributed by atoms with Crippen molar-refractivity contribution in [3.8, 4) is 0 Å². The Balaban J connectivity index is 2.41. The number of nitrogens with one attached hydrogen (secondary N) is 1. The second-order valence-electron chi connectivity index (χ2n) is 3.70. The van der Waals surface area contributed by atoms with Gasteiger partial charge >= 0.3 is 5.97 Å². The first-order valence-corrected chi connectivity index (χ1v) is 6.07. The molecule has 0 saturated carbocycles. The van der Waals surface area contributed by atoms with Crippen molar-refractivity contribution >= 4 is 17.3 Å². The molecule has 1 aromatic heterocycles. The summed E-state index contributed by atoms with van der Waals surface area (Å²) < 4.78 is 0. The smallest absolute Gasteiger partial charge is 0.320 e. The number of hydrogen-bond donors (Lipinski definition) is 2. The van der Waals surface area contributed by atoms with E-state index in [2.05, 4.69) is 16.8 Å². The number of aliphatic carboxylic acids is 1. The van der Waals surface area contributed by atoms with Crippen LogP contribution in [0.3, 0.4) is 0 Å². The Bertz CT molecular complexity index is 298. The van der Waals surface area contributed by atoms with E-state index in [-0.39, 0.29) is 6.04 Å². The zero-order valence-electron chi connectivity index (χ0n) is 9.06. The van der Waals surface area contributed by atoms with E-state index < -0.39 is 12.0 Å². The summed E-state index contributed by atoms with van der Waals surface area (Å²) in [5, 5.41) is 16.1. The number of rotatable bonds is 6. The molecule has 3 nitrogen and oxygen atoms in total. The molecule has 0 saturated heterocycles. The highest BCUT2D eigenvalue weighted by atomic mass is 32.1. The average molecular weight is 227 g/mol. The Morgan fingerprint density at radius 2 is 2.40 bits per heavy atom. The van der Waals surface area contributed by atoms with Crippen molar-refractivity contribution in [1.82, 2.24) is 5.32 Å². The molecule has 0 fully saturated rings. The second-order valence-corrected chi connectivity index (χ2v) is 4.48. The molecule has 0 aliphatic heterocycles. The van der Waals surface area contributed by atoms with Crippen LogP contribution in [0.1, 0.15) is 25.8 Å². The number of carbonyl (C=O) groups is 1. The van der Waals surface area contributed by atoms with E-state index in [9.17, 15) is 4.79 Å². The van der Waals surface area contributed by atoms with E-state index in [1.807, 2.05) is 19.2 Å². The molecule has 1 aromatic rings. The molecule has 0 aromatic carbocycles. The molecule has 0 aliphatic rings. The molecule has 0 bridgehead atoms. The molecule has 1 heterocycles. The molecule has 1 rings (SSSR count). The Kier molecular flexibility index (Phi) is 4.78. The van der Waals surface area contributed by atoms with E-state index in [4.69, 9.17) is 5.11 Å². The van der Waals surface area contributed by atoms with Gasteiger partial charge in [-0.15, -0.1) is 0 Å². The van der Waals surface area contributed by atoms with Gasteiger partial charge in [0.1, 0.15) is 6.04 Å². The van der Waals surface area contributed by atoms with E-state index >= 15 is 0 Å². The maximum atomic E-state index is 10.8. The molecule has 0 aliphatic carbocycles. The summed E-state index contributed by atoms with van der Waals surface area (Å²) in [4.78, 5) is 10.8. The van der Waals surface area contributed by atoms with Crippen molar-refractivity contribution in [1.29, 1.82) is 0 Å². The van der Waals surface area contributed by atoms with Gasteiger partial charge in [-0.1, -0.05) is 6.92 Å². The predicted molar refractivity (Wildman–Crippen MR) is 62.3 cm³/mol. The molecule has 2 atom stereocenters. The summed E-state index contributed by atoms with van der Waals surface area (Å²) in [6.45, 7) is 3.90. The average Bonchev–Trinajstić information content (AvgIpc) is 2.66. The van der Waals surface area contributed by atoms with Crippen LogP contribution in [0.25, 0.3) is 0 Å². The Hall–Kier alpha value is -0.870. The summed E-state index contributed by atoms with van der Waals surface area (Å²) in [6.07, 6.45) is 1.50. The van der Waals surface area contributed by atoms with Gasteiger partial charge in [0.2, 0.25) is 0 Å². The maximum Gasteiger partial charge on any atom is 0.320 e.